The number of hydrogen-bond donors (Lipinski definition) is 2. The Kier molecular flexibility index (Phi) is 2.21. The minimum absolute atomic E-state index is 0.313. The van der Waals surface area contributed by atoms with Crippen LogP contribution in [-0.4, -0.2) is 17.7 Å². The summed E-state index contributed by atoms with van der Waals surface area (Å²) in [6, 6.07) is 2.42. The molecule has 1 aromatic carbocycles. The fraction of sp³-hybridized carbons (Fsp3) is 0. The second-order valence-corrected chi connectivity index (χ2v) is 3.00. The molecule has 0 unspecified atom stereocenters. The highest BCUT2D eigenvalue weighted by Crippen LogP contribution is 2.25. The molecule has 0 fully saturated rings. The van der Waals surface area contributed by atoms with Gasteiger partial charge in [0.15, 0.2) is 6.29 Å². The molecule has 2 rings (SSSR count). The van der Waals surface area contributed by atoms with Crippen LogP contribution in [0.15, 0.2) is 18.3 Å². The summed E-state index contributed by atoms with van der Waals surface area (Å²) in [7, 11) is 0. The molecule has 0 saturated carbocycles. The molecule has 1 aromatic heterocycles. The van der Waals surface area contributed by atoms with Crippen molar-refractivity contribution in [3.05, 3.63) is 29.7 Å². The first-order valence-corrected chi connectivity index (χ1v) is 4.22. The number of hydrogen-bond acceptors (Lipinski definition) is 2. The van der Waals surface area contributed by atoms with Crippen molar-refractivity contribution in [3.63, 3.8) is 0 Å². The SMILES string of the molecule is O=CNc1cc(F)cc2c(C=O)c[nH]c12. The van der Waals surface area contributed by atoms with Crippen molar-refractivity contribution in [2.45, 2.75) is 0 Å². The van der Waals surface area contributed by atoms with E-state index < -0.39 is 5.82 Å². The van der Waals surface area contributed by atoms with Crippen molar-refractivity contribution in [1.82, 2.24) is 4.98 Å². The van der Waals surface area contributed by atoms with E-state index in [4.69, 9.17) is 0 Å². The number of nitrogens with one attached hydrogen (secondary N) is 2. The van der Waals surface area contributed by atoms with Gasteiger partial charge in [-0.1, -0.05) is 0 Å². The van der Waals surface area contributed by atoms with Crippen LogP contribution in [0.2, 0.25) is 0 Å². The molecule has 76 valence electrons. The lowest BCUT2D eigenvalue weighted by Gasteiger charge is -2.01. The van der Waals surface area contributed by atoms with Gasteiger partial charge < -0.3 is 10.3 Å². The predicted octanol–water partition coefficient (Wildman–Crippen LogP) is 1.69. The summed E-state index contributed by atoms with van der Waals surface area (Å²) in [6.07, 6.45) is 2.55. The van der Waals surface area contributed by atoms with E-state index >= 15 is 0 Å². The molecular weight excluding hydrogens is 199 g/mol. The molecule has 2 aromatic rings. The van der Waals surface area contributed by atoms with Gasteiger partial charge >= 0.3 is 0 Å². The van der Waals surface area contributed by atoms with Crippen LogP contribution in [0.3, 0.4) is 0 Å². The molecule has 1 heterocycles. The molecule has 15 heavy (non-hydrogen) atoms. The van der Waals surface area contributed by atoms with Crippen LogP contribution in [0.1, 0.15) is 10.4 Å². The Bertz CT molecular complexity index is 533. The molecule has 2 N–H and O–H groups in total. The van der Waals surface area contributed by atoms with Crippen molar-refractivity contribution in [2.75, 3.05) is 5.32 Å². The Balaban J connectivity index is 2.75. The minimum atomic E-state index is -0.505. The molecule has 0 spiro atoms. The number of H-pyrrole nitrogens is 1. The molecule has 0 radical (unpaired) electrons. The predicted molar refractivity (Wildman–Crippen MR) is 53.3 cm³/mol. The van der Waals surface area contributed by atoms with Gasteiger partial charge in [0.2, 0.25) is 6.41 Å². The van der Waals surface area contributed by atoms with Gasteiger partial charge in [0.05, 0.1) is 11.2 Å². The molecule has 0 saturated heterocycles. The van der Waals surface area contributed by atoms with E-state index in [0.29, 0.717) is 34.9 Å². The van der Waals surface area contributed by atoms with Gasteiger partial charge in [-0.05, 0) is 12.1 Å². The first-order valence-electron chi connectivity index (χ1n) is 4.22. The number of carbonyl (C=O) groups is 2. The second kappa shape index (κ2) is 3.53. The normalized spacial score (nSPS) is 10.2. The smallest absolute Gasteiger partial charge is 0.211 e. The Morgan fingerprint density at radius 1 is 1.33 bits per heavy atom. The van der Waals surface area contributed by atoms with Crippen molar-refractivity contribution in [3.8, 4) is 0 Å². The highest BCUT2D eigenvalue weighted by molar-refractivity contribution is 6.03. The quantitative estimate of drug-likeness (QED) is 0.750. The molecule has 0 aliphatic carbocycles. The average Bonchev–Trinajstić information content (AvgIpc) is 2.61. The van der Waals surface area contributed by atoms with Gasteiger partial charge in [0.1, 0.15) is 5.82 Å². The topological polar surface area (TPSA) is 62.0 Å². The van der Waals surface area contributed by atoms with Gasteiger partial charge in [0, 0.05) is 17.1 Å². The fourth-order valence-electron chi connectivity index (χ4n) is 1.49. The molecule has 0 aliphatic rings. The lowest BCUT2D eigenvalue weighted by atomic mass is 10.1. The first-order chi connectivity index (χ1) is 7.26. The molecule has 4 nitrogen and oxygen atoms in total. The van der Waals surface area contributed by atoms with Crippen LogP contribution < -0.4 is 5.32 Å². The second-order valence-electron chi connectivity index (χ2n) is 3.00. The molecule has 5 heteroatoms. The van der Waals surface area contributed by atoms with Crippen LogP contribution in [0.4, 0.5) is 10.1 Å². The molecule has 1 amide bonds. The number of fused-ring (bicyclic) bond motifs is 1. The molecule has 0 bridgehead atoms. The van der Waals surface area contributed by atoms with E-state index in [1.807, 2.05) is 0 Å². The number of benzene rings is 1. The summed E-state index contributed by atoms with van der Waals surface area (Å²) in [5.74, 6) is -0.505. The van der Waals surface area contributed by atoms with Gasteiger partial charge in [-0.15, -0.1) is 0 Å². The number of amides is 1. The Hall–Kier alpha value is -2.17. The van der Waals surface area contributed by atoms with Gasteiger partial charge in [-0.25, -0.2) is 4.39 Å². The number of aromatic nitrogens is 1. The van der Waals surface area contributed by atoms with Crippen LogP contribution >= 0.6 is 0 Å². The van der Waals surface area contributed by atoms with E-state index in [9.17, 15) is 14.0 Å². The monoisotopic (exact) mass is 206 g/mol. The van der Waals surface area contributed by atoms with E-state index in [-0.39, 0.29) is 0 Å². The molecule has 0 aliphatic heterocycles. The fourth-order valence-corrected chi connectivity index (χ4v) is 1.49. The van der Waals surface area contributed by atoms with Gasteiger partial charge in [-0.2, -0.15) is 0 Å². The summed E-state index contributed by atoms with van der Waals surface area (Å²) >= 11 is 0. The van der Waals surface area contributed by atoms with Crippen molar-refractivity contribution in [1.29, 1.82) is 0 Å². The lowest BCUT2D eigenvalue weighted by Crippen LogP contribution is -1.95. The highest BCUT2D eigenvalue weighted by atomic mass is 19.1. The lowest BCUT2D eigenvalue weighted by molar-refractivity contribution is -0.105. The highest BCUT2D eigenvalue weighted by Gasteiger charge is 2.08. The van der Waals surface area contributed by atoms with E-state index in [0.717, 1.165) is 0 Å². The van der Waals surface area contributed by atoms with Crippen molar-refractivity contribution >= 4 is 29.3 Å². The van der Waals surface area contributed by atoms with Crippen molar-refractivity contribution in [2.24, 2.45) is 0 Å². The van der Waals surface area contributed by atoms with E-state index in [1.165, 1.54) is 18.3 Å². The summed E-state index contributed by atoms with van der Waals surface area (Å²) in [4.78, 5) is 23.7. The summed E-state index contributed by atoms with van der Waals surface area (Å²) < 4.78 is 13.1. The van der Waals surface area contributed by atoms with Crippen LogP contribution in [0.25, 0.3) is 10.9 Å². The maximum absolute atomic E-state index is 13.1. The van der Waals surface area contributed by atoms with E-state index in [2.05, 4.69) is 10.3 Å². The maximum Gasteiger partial charge on any atom is 0.211 e. The maximum atomic E-state index is 13.1. The zero-order chi connectivity index (χ0) is 10.8. The first kappa shape index (κ1) is 9.39. The standard InChI is InChI=1S/C10H7FN2O2/c11-7-1-8-6(4-14)3-12-10(8)9(2-7)13-5-15/h1-5,12H,(H,13,15). The number of halogens is 1. The third-order valence-electron chi connectivity index (χ3n) is 2.13. The van der Waals surface area contributed by atoms with Gasteiger partial charge in [-0.3, -0.25) is 9.59 Å². The van der Waals surface area contributed by atoms with E-state index in [1.54, 1.807) is 0 Å². The van der Waals surface area contributed by atoms with Crippen molar-refractivity contribution < 1.29 is 14.0 Å². The van der Waals surface area contributed by atoms with Gasteiger partial charge in [0.25, 0.3) is 0 Å². The van der Waals surface area contributed by atoms with Crippen LogP contribution in [-0.2, 0) is 4.79 Å². The molecule has 0 atom stereocenters. The summed E-state index contributed by atoms with van der Waals surface area (Å²) in [5.41, 5.74) is 1.21. The summed E-state index contributed by atoms with van der Waals surface area (Å²) in [5, 5.41) is 2.81. The number of carbonyl (C=O) groups excluding carboxylic acids is 2. The average molecular weight is 206 g/mol. The Morgan fingerprint density at radius 3 is 2.80 bits per heavy atom. The third-order valence-corrected chi connectivity index (χ3v) is 2.13. The minimum Gasteiger partial charge on any atom is -0.359 e. The number of aromatic amines is 1. The van der Waals surface area contributed by atoms with Crippen LogP contribution in [0, 0.1) is 5.82 Å². The number of rotatable bonds is 3. The molecular formula is C10H7FN2O2. The summed E-state index contributed by atoms with van der Waals surface area (Å²) in [6.45, 7) is 0. The Morgan fingerprint density at radius 2 is 2.13 bits per heavy atom. The number of aldehydes is 1. The largest absolute Gasteiger partial charge is 0.359 e. The Labute approximate surface area is 84.1 Å². The number of anilines is 1. The zero-order valence-electron chi connectivity index (χ0n) is 7.58. The zero-order valence-corrected chi connectivity index (χ0v) is 7.58. The van der Waals surface area contributed by atoms with Crippen LogP contribution in [0.5, 0.6) is 0 Å². The third kappa shape index (κ3) is 1.48.